The van der Waals surface area contributed by atoms with Gasteiger partial charge in [-0.15, -0.1) is 0 Å². The van der Waals surface area contributed by atoms with E-state index in [-0.39, 0.29) is 46.0 Å². The summed E-state index contributed by atoms with van der Waals surface area (Å²) in [6, 6.07) is 4.80. The number of piperidine rings is 1. The fraction of sp³-hybridized carbons (Fsp3) is 0.556. The van der Waals surface area contributed by atoms with Crippen molar-refractivity contribution >= 4 is 11.6 Å². The molecule has 2 aromatic rings. The molecule has 0 bridgehead atoms. The number of fused-ring (bicyclic) bond motifs is 1. The predicted molar refractivity (Wildman–Crippen MR) is 130 cm³/mol. The van der Waals surface area contributed by atoms with Gasteiger partial charge in [-0.2, -0.15) is 0 Å². The highest BCUT2D eigenvalue weighted by molar-refractivity contribution is 5.98. The second-order valence-electron chi connectivity index (χ2n) is 11.5. The van der Waals surface area contributed by atoms with Crippen LogP contribution in [-0.4, -0.2) is 41.6 Å². The molecule has 2 unspecified atom stereocenters. The van der Waals surface area contributed by atoms with Crippen LogP contribution in [0.4, 0.5) is 18.9 Å². The summed E-state index contributed by atoms with van der Waals surface area (Å²) in [5, 5.41) is 0. The van der Waals surface area contributed by atoms with Crippen LogP contribution in [0.3, 0.4) is 0 Å². The molecule has 1 spiro atoms. The number of hydrogen-bond donors (Lipinski definition) is 1. The predicted octanol–water partition coefficient (Wildman–Crippen LogP) is 4.05. The number of hydrogen-bond acceptors (Lipinski definition) is 4. The molecule has 4 aliphatic rings. The van der Waals surface area contributed by atoms with Gasteiger partial charge in [-0.05, 0) is 50.5 Å². The molecular formula is C27H31F3N4O2. The number of anilines is 1. The van der Waals surface area contributed by atoms with Crippen molar-refractivity contribution in [3.63, 3.8) is 0 Å². The Balaban J connectivity index is 1.46. The Morgan fingerprint density at radius 2 is 1.92 bits per heavy atom. The van der Waals surface area contributed by atoms with Gasteiger partial charge in [-0.1, -0.05) is 18.2 Å². The molecule has 1 aromatic heterocycles. The number of alkyl halides is 2. The van der Waals surface area contributed by atoms with E-state index >= 15 is 4.39 Å². The number of likely N-dealkylation sites (tertiary alicyclic amines) is 1. The third-order valence-electron chi connectivity index (χ3n) is 9.00. The van der Waals surface area contributed by atoms with Crippen molar-refractivity contribution in [1.29, 1.82) is 0 Å². The summed E-state index contributed by atoms with van der Waals surface area (Å²) in [5.41, 5.74) is 5.79. The zero-order valence-corrected chi connectivity index (χ0v) is 20.7. The Morgan fingerprint density at radius 1 is 1.25 bits per heavy atom. The number of carbonyl (C=O) groups excluding carboxylic acids is 1. The van der Waals surface area contributed by atoms with E-state index in [1.54, 1.807) is 17.7 Å². The lowest BCUT2D eigenvalue weighted by molar-refractivity contribution is 0.0135. The smallest absolute Gasteiger partial charge is 0.273 e. The third-order valence-corrected chi connectivity index (χ3v) is 9.00. The molecule has 1 saturated heterocycles. The van der Waals surface area contributed by atoms with Crippen molar-refractivity contribution in [3.8, 4) is 0 Å². The van der Waals surface area contributed by atoms with Crippen molar-refractivity contribution in [3.05, 3.63) is 63.3 Å². The lowest BCUT2D eigenvalue weighted by Gasteiger charge is -2.36. The maximum Gasteiger partial charge on any atom is 0.273 e. The van der Waals surface area contributed by atoms with E-state index in [1.165, 1.54) is 18.2 Å². The van der Waals surface area contributed by atoms with E-state index < -0.39 is 29.3 Å². The minimum Gasteiger partial charge on any atom is -0.365 e. The normalized spacial score (nSPS) is 28.6. The molecule has 1 amide bonds. The first-order valence-corrected chi connectivity index (χ1v) is 12.6. The summed E-state index contributed by atoms with van der Waals surface area (Å²) in [7, 11) is 2.03. The van der Waals surface area contributed by atoms with E-state index in [4.69, 9.17) is 5.73 Å². The Bertz CT molecular complexity index is 1300. The molecule has 6 nitrogen and oxygen atoms in total. The Hall–Kier alpha value is -2.81. The number of pyridine rings is 1. The van der Waals surface area contributed by atoms with Gasteiger partial charge in [0, 0.05) is 49.9 Å². The summed E-state index contributed by atoms with van der Waals surface area (Å²) in [6.07, 6.45) is 4.65. The van der Waals surface area contributed by atoms with Crippen LogP contribution in [0.5, 0.6) is 0 Å². The summed E-state index contributed by atoms with van der Waals surface area (Å²) in [4.78, 5) is 30.0. The van der Waals surface area contributed by atoms with Gasteiger partial charge in [-0.3, -0.25) is 9.59 Å². The minimum atomic E-state index is -3.34. The van der Waals surface area contributed by atoms with Crippen LogP contribution in [0, 0.1) is 23.1 Å². The number of aromatic nitrogens is 1. The number of nitrogens with zero attached hydrogens (tertiary/aromatic N) is 3. The van der Waals surface area contributed by atoms with Crippen LogP contribution >= 0.6 is 0 Å². The molecule has 3 saturated carbocycles. The molecule has 2 heterocycles. The second kappa shape index (κ2) is 7.60. The standard InChI is InChI=1S/C27H31F3N4O2/c1-14(15-5-4-6-19(23(15)28)26(2,29)30)34(24-16-11-32(3)12-17(16)24)20-9-22(35)33(13-18(20)25(31)36)21-10-27(21)7-8-27/h4-6,9,13-14,16-17,21,24H,7-8,10-12H2,1-3H3,(H2,31,36)/t14-,16?,17?,21+,24?/m1/s1. The molecule has 0 radical (unpaired) electrons. The van der Waals surface area contributed by atoms with Gasteiger partial charge >= 0.3 is 0 Å². The highest BCUT2D eigenvalue weighted by atomic mass is 19.3. The van der Waals surface area contributed by atoms with Crippen LogP contribution in [0.15, 0.2) is 35.3 Å². The van der Waals surface area contributed by atoms with Crippen LogP contribution in [0.25, 0.3) is 0 Å². The average Bonchev–Trinajstić information content (AvgIpc) is 3.75. The van der Waals surface area contributed by atoms with E-state index in [9.17, 15) is 18.4 Å². The maximum absolute atomic E-state index is 15.5. The molecule has 9 heteroatoms. The van der Waals surface area contributed by atoms with Crippen molar-refractivity contribution in [2.75, 3.05) is 25.0 Å². The molecule has 192 valence electrons. The largest absolute Gasteiger partial charge is 0.365 e. The van der Waals surface area contributed by atoms with Crippen LogP contribution in [0.1, 0.15) is 66.7 Å². The summed E-state index contributed by atoms with van der Waals surface area (Å²) < 4.78 is 45.4. The third kappa shape index (κ3) is 3.57. The fourth-order valence-corrected chi connectivity index (χ4v) is 6.71. The number of amides is 1. The van der Waals surface area contributed by atoms with Crippen LogP contribution in [0.2, 0.25) is 0 Å². The maximum atomic E-state index is 15.5. The molecule has 1 aliphatic heterocycles. The van der Waals surface area contributed by atoms with Crippen molar-refractivity contribution in [1.82, 2.24) is 9.47 Å². The van der Waals surface area contributed by atoms with E-state index in [2.05, 4.69) is 4.90 Å². The molecule has 2 N–H and O–H groups in total. The number of rotatable bonds is 7. The van der Waals surface area contributed by atoms with Crippen LogP contribution < -0.4 is 16.2 Å². The zero-order valence-electron chi connectivity index (χ0n) is 20.7. The highest BCUT2D eigenvalue weighted by Crippen LogP contribution is 2.72. The van der Waals surface area contributed by atoms with Gasteiger partial charge in [0.05, 0.1) is 22.9 Å². The summed E-state index contributed by atoms with van der Waals surface area (Å²) in [6.45, 7) is 4.08. The minimum absolute atomic E-state index is 0.0505. The lowest BCUT2D eigenvalue weighted by Crippen LogP contribution is -2.39. The highest BCUT2D eigenvalue weighted by Gasteiger charge is 2.64. The number of benzene rings is 1. The van der Waals surface area contributed by atoms with Crippen molar-refractivity contribution in [2.45, 2.75) is 57.2 Å². The topological polar surface area (TPSA) is 71.6 Å². The first-order chi connectivity index (χ1) is 16.9. The van der Waals surface area contributed by atoms with Gasteiger partial charge in [0.15, 0.2) is 0 Å². The molecule has 3 aliphatic carbocycles. The monoisotopic (exact) mass is 500 g/mol. The van der Waals surface area contributed by atoms with Crippen molar-refractivity contribution < 1.29 is 18.0 Å². The first-order valence-electron chi connectivity index (χ1n) is 12.6. The van der Waals surface area contributed by atoms with E-state index in [0.717, 1.165) is 38.4 Å². The molecular weight excluding hydrogens is 469 g/mol. The van der Waals surface area contributed by atoms with Gasteiger partial charge in [0.2, 0.25) is 0 Å². The molecule has 4 atom stereocenters. The van der Waals surface area contributed by atoms with Gasteiger partial charge in [0.1, 0.15) is 5.82 Å². The molecule has 1 aromatic carbocycles. The van der Waals surface area contributed by atoms with Crippen LogP contribution in [-0.2, 0) is 5.92 Å². The first kappa shape index (κ1) is 23.6. The van der Waals surface area contributed by atoms with E-state index in [0.29, 0.717) is 12.6 Å². The summed E-state index contributed by atoms with van der Waals surface area (Å²) >= 11 is 0. The van der Waals surface area contributed by atoms with Gasteiger partial charge in [-0.25, -0.2) is 13.2 Å². The van der Waals surface area contributed by atoms with Gasteiger partial charge in [0.25, 0.3) is 17.4 Å². The number of nitrogens with two attached hydrogens (primary N) is 1. The molecule has 6 rings (SSSR count). The Kier molecular flexibility index (Phi) is 4.98. The molecule has 36 heavy (non-hydrogen) atoms. The number of primary amides is 1. The second-order valence-corrected chi connectivity index (χ2v) is 11.5. The lowest BCUT2D eigenvalue weighted by atomic mass is 9.98. The van der Waals surface area contributed by atoms with Gasteiger partial charge < -0.3 is 20.1 Å². The SMILES string of the molecule is C[C@H](c1cccc(C(C)(F)F)c1F)N(c1cc(=O)n([C@H]2CC23CC3)cc1C(N)=O)C1C2CN(C)CC21. The quantitative estimate of drug-likeness (QED) is 0.623. The number of carbonyl (C=O) groups is 1. The Labute approximate surface area is 207 Å². The fourth-order valence-electron chi connectivity index (χ4n) is 6.71. The zero-order chi connectivity index (χ0) is 25.7. The van der Waals surface area contributed by atoms with Crippen molar-refractivity contribution in [2.24, 2.45) is 23.0 Å². The van der Waals surface area contributed by atoms with E-state index in [1.807, 2.05) is 11.9 Å². The summed E-state index contributed by atoms with van der Waals surface area (Å²) in [5.74, 6) is -4.42. The number of halogens is 3. The molecule has 4 fully saturated rings. The Morgan fingerprint density at radius 3 is 2.47 bits per heavy atom. The average molecular weight is 501 g/mol.